The third kappa shape index (κ3) is 1.69. The minimum absolute atomic E-state index is 0.371. The summed E-state index contributed by atoms with van der Waals surface area (Å²) in [5.41, 5.74) is -0.00828. The summed E-state index contributed by atoms with van der Waals surface area (Å²) in [5, 5.41) is 0. The van der Waals surface area contributed by atoms with Gasteiger partial charge in [-0.1, -0.05) is 0 Å². The molecule has 6 nitrogen and oxygen atoms in total. The smallest absolute Gasteiger partial charge is 0.305 e. The van der Waals surface area contributed by atoms with E-state index in [9.17, 15) is 9.59 Å². The summed E-state index contributed by atoms with van der Waals surface area (Å²) in [5.74, 6) is 0. The van der Waals surface area contributed by atoms with Gasteiger partial charge in [0, 0.05) is 25.5 Å². The van der Waals surface area contributed by atoms with Crippen LogP contribution in [0.15, 0.2) is 34.2 Å². The van der Waals surface area contributed by atoms with Gasteiger partial charge >= 0.3 is 5.69 Å². The molecule has 0 aliphatic carbocycles. The van der Waals surface area contributed by atoms with Gasteiger partial charge in [0.1, 0.15) is 5.69 Å². The van der Waals surface area contributed by atoms with Crippen molar-refractivity contribution in [2.75, 3.05) is 0 Å². The third-order valence-electron chi connectivity index (χ3n) is 1.98. The first-order valence-electron chi connectivity index (χ1n) is 4.25. The molecule has 2 heterocycles. The molecule has 0 saturated carbocycles. The zero-order chi connectivity index (χ0) is 10.8. The number of nitrogens with zero attached hydrogens (tertiary/aromatic N) is 3. The van der Waals surface area contributed by atoms with E-state index >= 15 is 0 Å². The monoisotopic (exact) mass is 204 g/mol. The van der Waals surface area contributed by atoms with Gasteiger partial charge in [-0.25, -0.2) is 4.79 Å². The Morgan fingerprint density at radius 2 is 2.13 bits per heavy atom. The molecule has 0 aliphatic heterocycles. The number of aromatic nitrogens is 4. The predicted molar refractivity (Wildman–Crippen MR) is 53.3 cm³/mol. The molecule has 2 rings (SSSR count). The van der Waals surface area contributed by atoms with Crippen molar-refractivity contribution >= 4 is 0 Å². The molecule has 0 bridgehead atoms. The quantitative estimate of drug-likeness (QED) is 0.681. The van der Waals surface area contributed by atoms with Crippen LogP contribution in [0.1, 0.15) is 0 Å². The van der Waals surface area contributed by atoms with E-state index in [0.29, 0.717) is 11.4 Å². The highest BCUT2D eigenvalue weighted by atomic mass is 16.2. The molecule has 0 atom stereocenters. The van der Waals surface area contributed by atoms with Crippen LogP contribution in [-0.2, 0) is 7.05 Å². The Bertz CT molecular complexity index is 554. The molecule has 0 radical (unpaired) electrons. The Balaban J connectivity index is 2.67. The molecule has 0 spiro atoms. The highest BCUT2D eigenvalue weighted by Gasteiger charge is 2.03. The van der Waals surface area contributed by atoms with E-state index in [4.69, 9.17) is 0 Å². The number of aromatic amines is 1. The second-order valence-corrected chi connectivity index (χ2v) is 2.98. The van der Waals surface area contributed by atoms with Crippen molar-refractivity contribution < 1.29 is 0 Å². The van der Waals surface area contributed by atoms with Crippen LogP contribution < -0.4 is 11.2 Å². The van der Waals surface area contributed by atoms with Crippen molar-refractivity contribution in [2.45, 2.75) is 0 Å². The Hall–Kier alpha value is -2.24. The zero-order valence-corrected chi connectivity index (χ0v) is 7.97. The Morgan fingerprint density at radius 1 is 1.33 bits per heavy atom. The first-order chi connectivity index (χ1) is 7.18. The van der Waals surface area contributed by atoms with Gasteiger partial charge < -0.3 is 4.98 Å². The minimum Gasteiger partial charge on any atom is -0.305 e. The lowest BCUT2D eigenvalue weighted by atomic mass is 10.3. The lowest BCUT2D eigenvalue weighted by Crippen LogP contribution is -2.32. The van der Waals surface area contributed by atoms with Crippen molar-refractivity contribution in [2.24, 2.45) is 7.05 Å². The summed E-state index contributed by atoms with van der Waals surface area (Å²) < 4.78 is 0.986. The summed E-state index contributed by atoms with van der Waals surface area (Å²) in [6.07, 6.45) is 4.48. The van der Waals surface area contributed by atoms with Crippen molar-refractivity contribution in [1.82, 2.24) is 19.5 Å². The third-order valence-corrected chi connectivity index (χ3v) is 1.98. The van der Waals surface area contributed by atoms with Gasteiger partial charge in [-0.2, -0.15) is 0 Å². The molecule has 76 valence electrons. The van der Waals surface area contributed by atoms with E-state index < -0.39 is 5.69 Å². The second kappa shape index (κ2) is 3.49. The van der Waals surface area contributed by atoms with Crippen LogP contribution in [0.25, 0.3) is 11.4 Å². The molecule has 0 aromatic carbocycles. The molecular formula is C9H8N4O2. The van der Waals surface area contributed by atoms with Crippen LogP contribution in [0.2, 0.25) is 0 Å². The average molecular weight is 204 g/mol. The number of H-pyrrole nitrogens is 1. The summed E-state index contributed by atoms with van der Waals surface area (Å²) >= 11 is 0. The lowest BCUT2D eigenvalue weighted by Gasteiger charge is -2.00. The average Bonchev–Trinajstić information content (AvgIpc) is 2.26. The maximum atomic E-state index is 11.3. The fraction of sp³-hybridized carbons (Fsp3) is 0.111. The van der Waals surface area contributed by atoms with E-state index in [2.05, 4.69) is 15.0 Å². The molecule has 2 aromatic heterocycles. The standard InChI is InChI=1S/C9H8N4O2/c1-13-8(14)4-6(12-9(13)15)7-5-10-2-3-11-7/h2-5H,1H3,(H,12,15). The van der Waals surface area contributed by atoms with Crippen LogP contribution in [0.4, 0.5) is 0 Å². The number of hydrogen-bond acceptors (Lipinski definition) is 4. The van der Waals surface area contributed by atoms with Gasteiger partial charge in [-0.15, -0.1) is 0 Å². The number of nitrogens with one attached hydrogen (secondary N) is 1. The number of hydrogen-bond donors (Lipinski definition) is 1. The SMILES string of the molecule is Cn1c(=O)cc(-c2cnccn2)[nH]c1=O. The van der Waals surface area contributed by atoms with E-state index in [1.165, 1.54) is 31.7 Å². The molecule has 0 fully saturated rings. The largest absolute Gasteiger partial charge is 0.328 e. The zero-order valence-electron chi connectivity index (χ0n) is 7.97. The molecule has 0 saturated heterocycles. The fourth-order valence-electron chi connectivity index (χ4n) is 1.13. The number of rotatable bonds is 1. The van der Waals surface area contributed by atoms with E-state index in [-0.39, 0.29) is 5.56 Å². The molecule has 6 heteroatoms. The molecular weight excluding hydrogens is 196 g/mol. The van der Waals surface area contributed by atoms with Gasteiger partial charge in [-0.3, -0.25) is 19.3 Å². The molecule has 0 amide bonds. The Labute approximate surface area is 84.3 Å². The summed E-state index contributed by atoms with van der Waals surface area (Å²) in [6.45, 7) is 0. The molecule has 1 N–H and O–H groups in total. The first-order valence-corrected chi connectivity index (χ1v) is 4.25. The van der Waals surface area contributed by atoms with Crippen molar-refractivity contribution in [3.63, 3.8) is 0 Å². The summed E-state index contributed by atoms with van der Waals surface area (Å²) in [4.78, 5) is 33.0. The van der Waals surface area contributed by atoms with Crippen LogP contribution in [0, 0.1) is 0 Å². The first kappa shape index (κ1) is 9.32. The highest BCUT2D eigenvalue weighted by molar-refractivity contribution is 5.50. The molecule has 2 aromatic rings. The van der Waals surface area contributed by atoms with Crippen LogP contribution in [-0.4, -0.2) is 19.5 Å². The van der Waals surface area contributed by atoms with Crippen molar-refractivity contribution in [1.29, 1.82) is 0 Å². The van der Waals surface area contributed by atoms with Gasteiger partial charge in [0.05, 0.1) is 11.9 Å². The van der Waals surface area contributed by atoms with Crippen LogP contribution in [0.3, 0.4) is 0 Å². The predicted octanol–water partition coefficient (Wildman–Crippen LogP) is -0.469. The summed E-state index contributed by atoms with van der Waals surface area (Å²) in [6, 6.07) is 1.31. The minimum atomic E-state index is -0.469. The summed E-state index contributed by atoms with van der Waals surface area (Å²) in [7, 11) is 1.40. The second-order valence-electron chi connectivity index (χ2n) is 2.98. The van der Waals surface area contributed by atoms with E-state index in [0.717, 1.165) is 4.57 Å². The topological polar surface area (TPSA) is 80.6 Å². The molecule has 0 aliphatic rings. The maximum Gasteiger partial charge on any atom is 0.328 e. The Morgan fingerprint density at radius 3 is 2.73 bits per heavy atom. The highest BCUT2D eigenvalue weighted by Crippen LogP contribution is 2.06. The van der Waals surface area contributed by atoms with Crippen molar-refractivity contribution in [3.05, 3.63) is 45.5 Å². The van der Waals surface area contributed by atoms with Crippen LogP contribution >= 0.6 is 0 Å². The van der Waals surface area contributed by atoms with Gasteiger partial charge in [0.2, 0.25) is 0 Å². The lowest BCUT2D eigenvalue weighted by molar-refractivity contribution is 0.777. The maximum absolute atomic E-state index is 11.3. The van der Waals surface area contributed by atoms with E-state index in [1.807, 2.05) is 0 Å². The van der Waals surface area contributed by atoms with Crippen LogP contribution in [0.5, 0.6) is 0 Å². The molecule has 15 heavy (non-hydrogen) atoms. The molecule has 0 unspecified atom stereocenters. The van der Waals surface area contributed by atoms with E-state index in [1.54, 1.807) is 0 Å². The van der Waals surface area contributed by atoms with Crippen molar-refractivity contribution in [3.8, 4) is 11.4 Å². The fourth-order valence-corrected chi connectivity index (χ4v) is 1.13. The van der Waals surface area contributed by atoms with Gasteiger partial charge in [-0.05, 0) is 0 Å². The van der Waals surface area contributed by atoms with Gasteiger partial charge in [0.15, 0.2) is 0 Å². The van der Waals surface area contributed by atoms with Gasteiger partial charge in [0.25, 0.3) is 5.56 Å². The normalized spacial score (nSPS) is 10.2. The Kier molecular flexibility index (Phi) is 2.17.